The van der Waals surface area contributed by atoms with Crippen LogP contribution in [0, 0.1) is 15.9 Å². The molecule has 0 atom stereocenters. The van der Waals surface area contributed by atoms with Gasteiger partial charge in [-0.25, -0.2) is 17.6 Å². The molecule has 0 amide bonds. The van der Waals surface area contributed by atoms with Gasteiger partial charge < -0.3 is 4.74 Å². The minimum Gasteiger partial charge on any atom is -0.462 e. The summed E-state index contributed by atoms with van der Waals surface area (Å²) in [6, 6.07) is 10.2. The van der Waals surface area contributed by atoms with Gasteiger partial charge in [-0.15, -0.1) is 11.3 Å². The number of carbonyl (C=O) groups excluding carboxylic acids is 1. The highest BCUT2D eigenvalue weighted by molar-refractivity contribution is 7.93. The Morgan fingerprint density at radius 3 is 2.50 bits per heavy atom. The number of nitro groups is 1. The Balaban J connectivity index is 2.09. The van der Waals surface area contributed by atoms with Crippen LogP contribution in [0.2, 0.25) is 0 Å². The molecule has 1 aromatic heterocycles. The number of para-hydroxylation sites is 1. The first-order valence-corrected chi connectivity index (χ1v) is 10.9. The lowest BCUT2D eigenvalue weighted by Gasteiger charge is -2.10. The van der Waals surface area contributed by atoms with E-state index < -0.39 is 37.3 Å². The summed E-state index contributed by atoms with van der Waals surface area (Å²) in [5, 5.41) is 12.7. The summed E-state index contributed by atoms with van der Waals surface area (Å²) in [7, 11) is -4.38. The summed E-state index contributed by atoms with van der Waals surface area (Å²) in [5.74, 6) is -1.25. The van der Waals surface area contributed by atoms with Crippen molar-refractivity contribution in [3.05, 3.63) is 75.4 Å². The van der Waals surface area contributed by atoms with E-state index >= 15 is 0 Å². The fourth-order valence-electron chi connectivity index (χ4n) is 2.69. The van der Waals surface area contributed by atoms with E-state index in [1.165, 1.54) is 41.8 Å². The second-order valence-corrected chi connectivity index (χ2v) is 8.44. The Hall–Kier alpha value is -3.31. The average molecular weight is 450 g/mol. The first kappa shape index (κ1) is 21.4. The zero-order chi connectivity index (χ0) is 21.9. The van der Waals surface area contributed by atoms with Gasteiger partial charge >= 0.3 is 5.97 Å². The van der Waals surface area contributed by atoms with Crippen LogP contribution in [0.1, 0.15) is 17.3 Å². The van der Waals surface area contributed by atoms with Gasteiger partial charge in [0.15, 0.2) is 4.90 Å². The van der Waals surface area contributed by atoms with Gasteiger partial charge in [0, 0.05) is 17.0 Å². The summed E-state index contributed by atoms with van der Waals surface area (Å²) in [4.78, 5) is 22.4. The number of hydrogen-bond donors (Lipinski definition) is 1. The summed E-state index contributed by atoms with van der Waals surface area (Å²) in [6.07, 6.45) is 0. The van der Waals surface area contributed by atoms with Crippen molar-refractivity contribution in [2.45, 2.75) is 11.8 Å². The Kier molecular flexibility index (Phi) is 6.13. The van der Waals surface area contributed by atoms with Crippen LogP contribution < -0.4 is 4.72 Å². The molecule has 0 saturated heterocycles. The number of nitrogens with one attached hydrogen (secondary N) is 1. The van der Waals surface area contributed by atoms with Crippen molar-refractivity contribution in [1.82, 2.24) is 0 Å². The van der Waals surface area contributed by atoms with Gasteiger partial charge in [0.05, 0.1) is 11.5 Å². The number of nitro benzene ring substituents is 1. The molecule has 0 fully saturated rings. The number of hydrogen-bond acceptors (Lipinski definition) is 7. The lowest BCUT2D eigenvalue weighted by Crippen LogP contribution is -2.16. The molecule has 2 aromatic carbocycles. The molecule has 0 aliphatic carbocycles. The predicted molar refractivity (Wildman–Crippen MR) is 110 cm³/mol. The molecule has 156 valence electrons. The zero-order valence-electron chi connectivity index (χ0n) is 15.5. The van der Waals surface area contributed by atoms with Crippen molar-refractivity contribution in [2.24, 2.45) is 0 Å². The number of thiophene rings is 1. The van der Waals surface area contributed by atoms with Crippen LogP contribution in [0.15, 0.2) is 58.8 Å². The maximum Gasteiger partial charge on any atom is 0.341 e. The monoisotopic (exact) mass is 450 g/mol. The summed E-state index contributed by atoms with van der Waals surface area (Å²) >= 11 is 0.910. The molecule has 3 rings (SSSR count). The Morgan fingerprint density at radius 2 is 1.87 bits per heavy atom. The molecule has 1 N–H and O–H groups in total. The zero-order valence-corrected chi connectivity index (χ0v) is 17.1. The fourth-order valence-corrected chi connectivity index (χ4v) is 5.15. The van der Waals surface area contributed by atoms with Crippen molar-refractivity contribution >= 4 is 38.0 Å². The maximum absolute atomic E-state index is 13.3. The molecule has 0 saturated carbocycles. The predicted octanol–water partition coefficient (Wildman–Crippen LogP) is 4.44. The molecule has 0 spiro atoms. The fraction of sp³-hybridized carbons (Fsp3) is 0.105. The lowest BCUT2D eigenvalue weighted by molar-refractivity contribution is -0.387. The Morgan fingerprint density at radius 1 is 1.20 bits per heavy atom. The van der Waals surface area contributed by atoms with E-state index in [0.717, 1.165) is 23.5 Å². The van der Waals surface area contributed by atoms with Gasteiger partial charge in [0.1, 0.15) is 16.4 Å². The van der Waals surface area contributed by atoms with Gasteiger partial charge in [0.25, 0.3) is 15.7 Å². The number of halogens is 1. The molecular formula is C19H15FN2O6S2. The van der Waals surface area contributed by atoms with Crippen LogP contribution in [-0.2, 0) is 14.8 Å². The van der Waals surface area contributed by atoms with E-state index in [0.29, 0.717) is 11.1 Å². The third-order valence-corrected chi connectivity index (χ3v) is 6.43. The van der Waals surface area contributed by atoms with E-state index in [1.54, 1.807) is 6.92 Å². The standard InChI is InChI=1S/C19H15FN2O6S2/c1-2-28-19(23)17-14(12-7-9-13(20)10-8-12)11-29-18(17)21-30(26,27)16-6-4-3-5-15(16)22(24)25/h3-11,21H,2H2,1H3. The van der Waals surface area contributed by atoms with Crippen LogP contribution in [0.3, 0.4) is 0 Å². The number of nitrogens with zero attached hydrogens (tertiary/aromatic N) is 1. The van der Waals surface area contributed by atoms with Gasteiger partial charge in [-0.2, -0.15) is 0 Å². The smallest absolute Gasteiger partial charge is 0.341 e. The Labute approximate surface area is 175 Å². The number of carbonyl (C=O) groups is 1. The average Bonchev–Trinajstić information content (AvgIpc) is 3.11. The molecule has 0 unspecified atom stereocenters. The minimum atomic E-state index is -4.38. The summed E-state index contributed by atoms with van der Waals surface area (Å²) < 4.78 is 46.2. The topological polar surface area (TPSA) is 116 Å². The van der Waals surface area contributed by atoms with Crippen LogP contribution in [0.4, 0.5) is 15.1 Å². The lowest BCUT2D eigenvalue weighted by atomic mass is 10.0. The van der Waals surface area contributed by atoms with Crippen LogP contribution in [0.5, 0.6) is 0 Å². The first-order valence-electron chi connectivity index (χ1n) is 8.55. The molecule has 0 bridgehead atoms. The third kappa shape index (κ3) is 4.31. The molecule has 30 heavy (non-hydrogen) atoms. The van der Waals surface area contributed by atoms with Crippen molar-refractivity contribution < 1.29 is 27.3 Å². The molecule has 8 nitrogen and oxygen atoms in total. The van der Waals surface area contributed by atoms with Crippen LogP contribution in [-0.4, -0.2) is 25.9 Å². The second-order valence-electron chi connectivity index (χ2n) is 5.91. The quantitative estimate of drug-likeness (QED) is 0.323. The molecule has 3 aromatic rings. The van der Waals surface area contributed by atoms with Crippen molar-refractivity contribution in [2.75, 3.05) is 11.3 Å². The van der Waals surface area contributed by atoms with Crippen molar-refractivity contribution in [3.63, 3.8) is 0 Å². The van der Waals surface area contributed by atoms with Gasteiger partial charge in [-0.3, -0.25) is 14.8 Å². The van der Waals surface area contributed by atoms with E-state index in [-0.39, 0.29) is 17.2 Å². The second kappa shape index (κ2) is 8.59. The van der Waals surface area contributed by atoms with Crippen molar-refractivity contribution in [3.8, 4) is 11.1 Å². The van der Waals surface area contributed by atoms with Crippen LogP contribution in [0.25, 0.3) is 11.1 Å². The number of ether oxygens (including phenoxy) is 1. The number of esters is 1. The highest BCUT2D eigenvalue weighted by Gasteiger charge is 2.29. The number of benzene rings is 2. The van der Waals surface area contributed by atoms with Crippen molar-refractivity contribution in [1.29, 1.82) is 0 Å². The van der Waals surface area contributed by atoms with Gasteiger partial charge in [-0.1, -0.05) is 24.3 Å². The van der Waals surface area contributed by atoms with E-state index in [2.05, 4.69) is 4.72 Å². The minimum absolute atomic E-state index is 0.0495. The van der Waals surface area contributed by atoms with E-state index in [4.69, 9.17) is 4.74 Å². The highest BCUT2D eigenvalue weighted by Crippen LogP contribution is 2.38. The summed E-state index contributed by atoms with van der Waals surface area (Å²) in [5.41, 5.74) is 0.166. The van der Waals surface area contributed by atoms with E-state index in [9.17, 15) is 27.7 Å². The molecule has 0 radical (unpaired) electrons. The Bertz CT molecular complexity index is 1210. The van der Waals surface area contributed by atoms with Crippen LogP contribution >= 0.6 is 11.3 Å². The van der Waals surface area contributed by atoms with Gasteiger partial charge in [-0.05, 0) is 30.7 Å². The van der Waals surface area contributed by atoms with E-state index in [1.807, 2.05) is 0 Å². The third-order valence-electron chi connectivity index (χ3n) is 4.00. The number of rotatable bonds is 7. The maximum atomic E-state index is 13.3. The normalized spacial score (nSPS) is 11.1. The largest absolute Gasteiger partial charge is 0.462 e. The molecule has 1 heterocycles. The molecule has 0 aliphatic rings. The number of sulfonamides is 1. The van der Waals surface area contributed by atoms with Gasteiger partial charge in [0.2, 0.25) is 0 Å². The first-order chi connectivity index (χ1) is 14.2. The highest BCUT2D eigenvalue weighted by atomic mass is 32.2. The number of anilines is 1. The molecule has 0 aliphatic heterocycles. The molecular weight excluding hydrogens is 435 g/mol. The molecule has 11 heteroatoms. The SMILES string of the molecule is CCOC(=O)c1c(-c2ccc(F)cc2)csc1NS(=O)(=O)c1ccccc1[N+](=O)[O-]. The summed E-state index contributed by atoms with van der Waals surface area (Å²) in [6.45, 7) is 1.65.